The molecule has 0 aliphatic heterocycles. The molecule has 0 aromatic heterocycles. The Hall–Kier alpha value is -3.09. The molecule has 0 saturated heterocycles. The van der Waals surface area contributed by atoms with Crippen LogP contribution in [0.25, 0.3) is 0 Å². The van der Waals surface area contributed by atoms with E-state index in [1.807, 2.05) is 0 Å². The maximum atomic E-state index is 12.0. The van der Waals surface area contributed by atoms with Gasteiger partial charge in [0.1, 0.15) is 18.1 Å². The molecule has 7 nitrogen and oxygen atoms in total. The number of carbonyl (C=O) groups is 1. The van der Waals surface area contributed by atoms with Crippen molar-refractivity contribution in [2.45, 2.75) is 6.61 Å². The minimum absolute atomic E-state index is 0.0311. The van der Waals surface area contributed by atoms with E-state index in [-0.39, 0.29) is 17.9 Å². The Morgan fingerprint density at radius 2 is 1.61 bits per heavy atom. The smallest absolute Gasteiger partial charge is 0.338 e. The Kier molecular flexibility index (Phi) is 5.14. The molecule has 0 aliphatic rings. The van der Waals surface area contributed by atoms with Crippen LogP contribution >= 0.6 is 0 Å². The minimum atomic E-state index is -0.568. The maximum absolute atomic E-state index is 12.0. The van der Waals surface area contributed by atoms with E-state index in [1.54, 1.807) is 18.2 Å². The quantitative estimate of drug-likeness (QED) is 0.462. The van der Waals surface area contributed by atoms with E-state index in [9.17, 15) is 14.9 Å². The van der Waals surface area contributed by atoms with Crippen LogP contribution in [0, 0.1) is 10.1 Å². The van der Waals surface area contributed by atoms with Gasteiger partial charge in [-0.2, -0.15) is 0 Å². The normalized spacial score (nSPS) is 10.0. The summed E-state index contributed by atoms with van der Waals surface area (Å²) in [4.78, 5) is 22.0. The van der Waals surface area contributed by atoms with Gasteiger partial charge in [0.05, 0.1) is 24.7 Å². The zero-order chi connectivity index (χ0) is 16.8. The van der Waals surface area contributed by atoms with Gasteiger partial charge in [-0.25, -0.2) is 4.79 Å². The number of nitro groups is 1. The lowest BCUT2D eigenvalue weighted by molar-refractivity contribution is -0.384. The number of benzene rings is 2. The van der Waals surface area contributed by atoms with Crippen molar-refractivity contribution in [2.75, 3.05) is 14.2 Å². The Labute approximate surface area is 132 Å². The zero-order valence-electron chi connectivity index (χ0n) is 12.6. The molecule has 0 saturated carbocycles. The highest BCUT2D eigenvalue weighted by molar-refractivity contribution is 5.89. The van der Waals surface area contributed by atoms with Gasteiger partial charge in [-0.15, -0.1) is 0 Å². The summed E-state index contributed by atoms with van der Waals surface area (Å²) >= 11 is 0. The first-order chi connectivity index (χ1) is 11.0. The first kappa shape index (κ1) is 16.3. The highest BCUT2D eigenvalue weighted by Gasteiger charge is 2.11. The number of hydrogen-bond acceptors (Lipinski definition) is 6. The summed E-state index contributed by atoms with van der Waals surface area (Å²) in [5.74, 6) is 0.609. The van der Waals surface area contributed by atoms with Gasteiger partial charge in [0.15, 0.2) is 0 Å². The van der Waals surface area contributed by atoms with Crippen LogP contribution in [0.2, 0.25) is 0 Å². The van der Waals surface area contributed by atoms with Gasteiger partial charge in [-0.05, 0) is 29.8 Å². The van der Waals surface area contributed by atoms with Crippen molar-refractivity contribution in [2.24, 2.45) is 0 Å². The molecule has 120 valence electrons. The molecule has 0 heterocycles. The Morgan fingerprint density at radius 1 is 1.04 bits per heavy atom. The molecule has 0 fully saturated rings. The van der Waals surface area contributed by atoms with Crippen molar-refractivity contribution in [3.63, 3.8) is 0 Å². The van der Waals surface area contributed by atoms with Crippen LogP contribution in [0.1, 0.15) is 15.9 Å². The molecule has 0 unspecified atom stereocenters. The number of non-ortho nitro benzene ring substituents is 1. The van der Waals surface area contributed by atoms with Crippen LogP contribution in [0.15, 0.2) is 42.5 Å². The Morgan fingerprint density at radius 3 is 2.09 bits per heavy atom. The van der Waals surface area contributed by atoms with Crippen molar-refractivity contribution < 1.29 is 23.9 Å². The van der Waals surface area contributed by atoms with Gasteiger partial charge < -0.3 is 14.2 Å². The fourth-order valence-electron chi connectivity index (χ4n) is 1.90. The van der Waals surface area contributed by atoms with Gasteiger partial charge in [0.2, 0.25) is 0 Å². The van der Waals surface area contributed by atoms with E-state index in [2.05, 4.69) is 0 Å². The molecule has 0 N–H and O–H groups in total. The molecule has 2 aromatic rings. The van der Waals surface area contributed by atoms with Gasteiger partial charge in [0.25, 0.3) is 5.69 Å². The number of rotatable bonds is 6. The van der Waals surface area contributed by atoms with E-state index < -0.39 is 10.9 Å². The van der Waals surface area contributed by atoms with E-state index in [0.29, 0.717) is 17.1 Å². The van der Waals surface area contributed by atoms with Crippen LogP contribution < -0.4 is 9.47 Å². The first-order valence-electron chi connectivity index (χ1n) is 6.67. The fraction of sp³-hybridized carbons (Fsp3) is 0.188. The monoisotopic (exact) mass is 317 g/mol. The van der Waals surface area contributed by atoms with Gasteiger partial charge >= 0.3 is 5.97 Å². The third-order valence-corrected chi connectivity index (χ3v) is 3.09. The predicted molar refractivity (Wildman–Crippen MR) is 81.8 cm³/mol. The molecule has 0 atom stereocenters. The van der Waals surface area contributed by atoms with E-state index in [0.717, 1.165) is 0 Å². The molecule has 2 aromatic carbocycles. The summed E-state index contributed by atoms with van der Waals surface area (Å²) in [5, 5.41) is 10.6. The van der Waals surface area contributed by atoms with Crippen LogP contribution in [0.4, 0.5) is 5.69 Å². The third kappa shape index (κ3) is 4.19. The number of hydrogen-bond donors (Lipinski definition) is 0. The summed E-state index contributed by atoms with van der Waals surface area (Å²) in [7, 11) is 3.06. The molecule has 2 rings (SSSR count). The number of ether oxygens (including phenoxy) is 3. The summed E-state index contributed by atoms with van der Waals surface area (Å²) in [6, 6.07) is 10.4. The van der Waals surface area contributed by atoms with Crippen molar-refractivity contribution in [3.8, 4) is 11.5 Å². The summed E-state index contributed by atoms with van der Waals surface area (Å²) in [6.45, 7) is 0.0311. The molecule has 0 radical (unpaired) electrons. The third-order valence-electron chi connectivity index (χ3n) is 3.09. The summed E-state index contributed by atoms with van der Waals surface area (Å²) in [6.07, 6.45) is 0. The van der Waals surface area contributed by atoms with Crippen molar-refractivity contribution >= 4 is 11.7 Å². The van der Waals surface area contributed by atoms with Crippen molar-refractivity contribution in [3.05, 3.63) is 63.7 Å². The molecule has 0 bridgehead atoms. The van der Waals surface area contributed by atoms with E-state index in [4.69, 9.17) is 14.2 Å². The predicted octanol–water partition coefficient (Wildman–Crippen LogP) is 2.97. The number of nitrogens with zero attached hydrogens (tertiary/aromatic N) is 1. The molecular formula is C16H15NO6. The average Bonchev–Trinajstić information content (AvgIpc) is 2.59. The number of esters is 1. The highest BCUT2D eigenvalue weighted by atomic mass is 16.6. The second-order valence-corrected chi connectivity index (χ2v) is 4.60. The Bertz CT molecular complexity index is 689. The Balaban J connectivity index is 2.05. The fourth-order valence-corrected chi connectivity index (χ4v) is 1.90. The number of carbonyl (C=O) groups excluding carboxylic acids is 1. The van der Waals surface area contributed by atoms with Crippen molar-refractivity contribution in [1.82, 2.24) is 0 Å². The molecule has 0 spiro atoms. The number of nitro benzene ring substituents is 1. The molecule has 23 heavy (non-hydrogen) atoms. The zero-order valence-corrected chi connectivity index (χ0v) is 12.6. The molecule has 0 aliphatic carbocycles. The van der Waals surface area contributed by atoms with Crippen LogP contribution in [-0.2, 0) is 11.3 Å². The van der Waals surface area contributed by atoms with Crippen LogP contribution in [-0.4, -0.2) is 25.1 Å². The summed E-state index contributed by atoms with van der Waals surface area (Å²) in [5.41, 5.74) is 0.862. The van der Waals surface area contributed by atoms with E-state index in [1.165, 1.54) is 38.5 Å². The molecule has 7 heteroatoms. The lowest BCUT2D eigenvalue weighted by Gasteiger charge is -2.09. The average molecular weight is 317 g/mol. The van der Waals surface area contributed by atoms with Crippen molar-refractivity contribution in [1.29, 1.82) is 0 Å². The van der Waals surface area contributed by atoms with Crippen LogP contribution in [0.3, 0.4) is 0 Å². The second-order valence-electron chi connectivity index (χ2n) is 4.60. The molecular weight excluding hydrogens is 302 g/mol. The topological polar surface area (TPSA) is 87.9 Å². The van der Waals surface area contributed by atoms with Crippen LogP contribution in [0.5, 0.6) is 11.5 Å². The molecule has 0 amide bonds. The number of methoxy groups -OCH3 is 2. The van der Waals surface area contributed by atoms with Gasteiger partial charge in [-0.3, -0.25) is 10.1 Å². The highest BCUT2D eigenvalue weighted by Crippen LogP contribution is 2.23. The van der Waals surface area contributed by atoms with E-state index >= 15 is 0 Å². The lowest BCUT2D eigenvalue weighted by atomic mass is 10.2. The first-order valence-corrected chi connectivity index (χ1v) is 6.67. The van der Waals surface area contributed by atoms with Gasteiger partial charge in [-0.1, -0.05) is 0 Å². The largest absolute Gasteiger partial charge is 0.497 e. The lowest BCUT2D eigenvalue weighted by Crippen LogP contribution is -2.05. The second kappa shape index (κ2) is 7.26. The minimum Gasteiger partial charge on any atom is -0.497 e. The maximum Gasteiger partial charge on any atom is 0.338 e. The van der Waals surface area contributed by atoms with Gasteiger partial charge in [0, 0.05) is 18.2 Å². The SMILES string of the molecule is COc1cc(COC(=O)c2ccc([N+](=O)[O-])cc2)cc(OC)c1. The standard InChI is InChI=1S/C16H15NO6/c1-21-14-7-11(8-15(9-14)22-2)10-23-16(18)12-3-5-13(6-4-12)17(19)20/h3-9H,10H2,1-2H3. The summed E-state index contributed by atoms with van der Waals surface area (Å²) < 4.78 is 15.5.